The highest BCUT2D eigenvalue weighted by molar-refractivity contribution is 6.00. The van der Waals surface area contributed by atoms with Gasteiger partial charge in [0.25, 0.3) is 0 Å². The lowest BCUT2D eigenvalue weighted by atomic mass is 9.79. The maximum absolute atomic E-state index is 13.9. The number of benzene rings is 1. The van der Waals surface area contributed by atoms with Crippen LogP contribution in [0.4, 0.5) is 0 Å². The average molecular weight is 558 g/mol. The number of unbranched alkanes of at least 4 members (excludes halogenated alkanes) is 1. The number of piperidine rings is 1. The Morgan fingerprint density at radius 3 is 2.36 bits per heavy atom. The molecule has 3 atom stereocenters. The standard InChI is InChI=1S/C30H43N5O3.ClH/c1-4-5-17-35-28(37)25(27(36)23-13-9-10-14-23)31-29(38)30(35)15-18-34(19-16-30)26(22-11-7-6-8-12-22)24-20(2)32-33-21(24)3;/h6-8,11-12,23,25-27,36H,4-5,9-10,13-19H2,1-3H3,(H,31,38)(H,32,33);1H/t25-,26?,27-;/m1./s1. The number of piperazine rings is 1. The Labute approximate surface area is 238 Å². The van der Waals surface area contributed by atoms with E-state index in [1.165, 1.54) is 11.1 Å². The average Bonchev–Trinajstić information content (AvgIpc) is 3.59. The smallest absolute Gasteiger partial charge is 0.248 e. The fraction of sp³-hybridized carbons (Fsp3) is 0.633. The van der Waals surface area contributed by atoms with Gasteiger partial charge in [0.05, 0.1) is 17.8 Å². The largest absolute Gasteiger partial charge is 0.390 e. The second-order valence-electron chi connectivity index (χ2n) is 11.6. The third-order valence-corrected chi connectivity index (χ3v) is 9.28. The molecule has 214 valence electrons. The third kappa shape index (κ3) is 5.48. The van der Waals surface area contributed by atoms with Crippen molar-refractivity contribution in [3.05, 3.63) is 52.8 Å². The van der Waals surface area contributed by atoms with E-state index >= 15 is 0 Å². The molecule has 1 aromatic heterocycles. The Morgan fingerprint density at radius 1 is 1.10 bits per heavy atom. The molecule has 2 aliphatic heterocycles. The molecular weight excluding hydrogens is 514 g/mol. The fourth-order valence-electron chi connectivity index (χ4n) is 7.09. The highest BCUT2D eigenvalue weighted by Gasteiger charge is 2.55. The van der Waals surface area contributed by atoms with Gasteiger partial charge in [-0.2, -0.15) is 5.10 Å². The highest BCUT2D eigenvalue weighted by Crippen LogP contribution is 2.40. The van der Waals surface area contributed by atoms with Gasteiger partial charge in [0.15, 0.2) is 0 Å². The van der Waals surface area contributed by atoms with Crippen molar-refractivity contribution in [2.75, 3.05) is 19.6 Å². The van der Waals surface area contributed by atoms with E-state index in [4.69, 9.17) is 0 Å². The minimum Gasteiger partial charge on any atom is -0.390 e. The molecule has 1 unspecified atom stereocenters. The Morgan fingerprint density at radius 2 is 1.77 bits per heavy atom. The van der Waals surface area contributed by atoms with Crippen molar-refractivity contribution in [2.24, 2.45) is 5.92 Å². The lowest BCUT2D eigenvalue weighted by molar-refractivity contribution is -0.165. The molecule has 0 radical (unpaired) electrons. The van der Waals surface area contributed by atoms with Crippen molar-refractivity contribution in [1.29, 1.82) is 0 Å². The Hall–Kier alpha value is -2.42. The topological polar surface area (TPSA) is 102 Å². The van der Waals surface area contributed by atoms with Gasteiger partial charge in [-0.1, -0.05) is 56.5 Å². The number of nitrogens with one attached hydrogen (secondary N) is 2. The summed E-state index contributed by atoms with van der Waals surface area (Å²) < 4.78 is 0. The maximum atomic E-state index is 13.9. The van der Waals surface area contributed by atoms with Crippen LogP contribution < -0.4 is 5.32 Å². The fourth-order valence-corrected chi connectivity index (χ4v) is 7.09. The Kier molecular flexibility index (Phi) is 9.40. The molecule has 3 fully saturated rings. The molecule has 1 aliphatic carbocycles. The number of aromatic nitrogens is 2. The van der Waals surface area contributed by atoms with Crippen LogP contribution in [0.15, 0.2) is 30.3 Å². The molecule has 0 bridgehead atoms. The van der Waals surface area contributed by atoms with Gasteiger partial charge < -0.3 is 15.3 Å². The first kappa shape index (κ1) is 29.6. The van der Waals surface area contributed by atoms with Crippen molar-refractivity contribution < 1.29 is 14.7 Å². The second-order valence-corrected chi connectivity index (χ2v) is 11.6. The Bertz CT molecular complexity index is 1110. The number of nitrogens with zero attached hydrogens (tertiary/aromatic N) is 3. The van der Waals surface area contributed by atoms with Crippen LogP contribution in [-0.2, 0) is 9.59 Å². The predicted molar refractivity (Wildman–Crippen MR) is 154 cm³/mol. The van der Waals surface area contributed by atoms with Crippen LogP contribution in [0, 0.1) is 19.8 Å². The number of aliphatic hydroxyl groups is 1. The van der Waals surface area contributed by atoms with Crippen molar-refractivity contribution >= 4 is 24.2 Å². The molecule has 9 heteroatoms. The molecule has 1 saturated carbocycles. The number of halogens is 1. The van der Waals surface area contributed by atoms with E-state index in [0.717, 1.165) is 49.9 Å². The molecule has 2 aromatic rings. The lowest BCUT2D eigenvalue weighted by Crippen LogP contribution is -2.75. The minimum atomic E-state index is -0.865. The van der Waals surface area contributed by atoms with Gasteiger partial charge >= 0.3 is 0 Å². The molecular formula is C30H44ClN5O3. The van der Waals surface area contributed by atoms with Gasteiger partial charge in [0, 0.05) is 30.9 Å². The highest BCUT2D eigenvalue weighted by atomic mass is 35.5. The van der Waals surface area contributed by atoms with Crippen LogP contribution in [0.5, 0.6) is 0 Å². The van der Waals surface area contributed by atoms with Crippen LogP contribution in [0.2, 0.25) is 0 Å². The number of aliphatic hydroxyl groups excluding tert-OH is 1. The summed E-state index contributed by atoms with van der Waals surface area (Å²) >= 11 is 0. The molecule has 5 rings (SSSR count). The molecule has 3 N–H and O–H groups in total. The number of amides is 2. The summed E-state index contributed by atoms with van der Waals surface area (Å²) in [7, 11) is 0. The van der Waals surface area contributed by atoms with E-state index in [0.29, 0.717) is 32.5 Å². The van der Waals surface area contributed by atoms with E-state index in [1.54, 1.807) is 0 Å². The Balaban J connectivity index is 0.00000353. The predicted octanol–water partition coefficient (Wildman–Crippen LogP) is 4.05. The zero-order valence-corrected chi connectivity index (χ0v) is 24.3. The minimum absolute atomic E-state index is 0. The molecule has 3 heterocycles. The van der Waals surface area contributed by atoms with Gasteiger partial charge in [-0.25, -0.2) is 0 Å². The van der Waals surface area contributed by atoms with Crippen molar-refractivity contribution in [1.82, 2.24) is 25.3 Å². The number of carbonyl (C=O) groups is 2. The first-order valence-corrected chi connectivity index (χ1v) is 14.5. The van der Waals surface area contributed by atoms with Crippen molar-refractivity contribution in [3.8, 4) is 0 Å². The lowest BCUT2D eigenvalue weighted by Gasteiger charge is -2.53. The van der Waals surface area contributed by atoms with E-state index < -0.39 is 17.7 Å². The summed E-state index contributed by atoms with van der Waals surface area (Å²) in [5.74, 6) is -0.116. The normalized spacial score (nSPS) is 23.5. The maximum Gasteiger partial charge on any atom is 0.248 e. The summed E-state index contributed by atoms with van der Waals surface area (Å²) in [4.78, 5) is 32.0. The van der Waals surface area contributed by atoms with E-state index in [-0.39, 0.29) is 36.2 Å². The van der Waals surface area contributed by atoms with Crippen molar-refractivity contribution in [2.45, 2.75) is 95.9 Å². The van der Waals surface area contributed by atoms with Crippen LogP contribution in [-0.4, -0.2) is 74.2 Å². The van der Waals surface area contributed by atoms with Gasteiger partial charge in [0.1, 0.15) is 11.6 Å². The number of likely N-dealkylation sites (tertiary alicyclic amines) is 1. The van der Waals surface area contributed by atoms with Crippen LogP contribution in [0.25, 0.3) is 0 Å². The van der Waals surface area contributed by atoms with Gasteiger partial charge in [-0.05, 0) is 57.4 Å². The first-order valence-electron chi connectivity index (χ1n) is 14.5. The number of hydrogen-bond acceptors (Lipinski definition) is 5. The molecule has 8 nitrogen and oxygen atoms in total. The monoisotopic (exact) mass is 557 g/mol. The molecule has 1 aromatic carbocycles. The second kappa shape index (κ2) is 12.4. The zero-order valence-electron chi connectivity index (χ0n) is 23.5. The van der Waals surface area contributed by atoms with E-state index in [9.17, 15) is 14.7 Å². The number of H-pyrrole nitrogens is 1. The number of carbonyl (C=O) groups excluding carboxylic acids is 2. The molecule has 3 aliphatic rings. The van der Waals surface area contributed by atoms with Gasteiger partial charge in [0.2, 0.25) is 11.8 Å². The summed E-state index contributed by atoms with van der Waals surface area (Å²) in [6.45, 7) is 8.13. The van der Waals surface area contributed by atoms with Crippen LogP contribution in [0.3, 0.4) is 0 Å². The summed E-state index contributed by atoms with van der Waals surface area (Å²) in [6.07, 6.45) is 6.11. The SMILES string of the molecule is CCCCN1C(=O)[C@@H]([C@H](O)C2CCCC2)NC(=O)C12CCN(C(c1ccccc1)c1c(C)n[nH]c1C)CC2.Cl. The third-order valence-electron chi connectivity index (χ3n) is 9.28. The van der Waals surface area contributed by atoms with Crippen LogP contribution in [0.1, 0.15) is 86.8 Å². The number of hydrogen-bond donors (Lipinski definition) is 3. The number of rotatable bonds is 8. The zero-order chi connectivity index (χ0) is 26.9. The quantitative estimate of drug-likeness (QED) is 0.454. The van der Waals surface area contributed by atoms with E-state index in [2.05, 4.69) is 58.5 Å². The van der Waals surface area contributed by atoms with Crippen LogP contribution >= 0.6 is 12.4 Å². The molecule has 2 saturated heterocycles. The van der Waals surface area contributed by atoms with Gasteiger partial charge in [-0.3, -0.25) is 19.6 Å². The van der Waals surface area contributed by atoms with E-state index in [1.807, 2.05) is 17.9 Å². The first-order chi connectivity index (χ1) is 18.4. The summed E-state index contributed by atoms with van der Waals surface area (Å²) in [6, 6.07) is 9.65. The molecule has 1 spiro atoms. The van der Waals surface area contributed by atoms with Crippen molar-refractivity contribution in [3.63, 3.8) is 0 Å². The summed E-state index contributed by atoms with van der Waals surface area (Å²) in [5, 5.41) is 21.7. The van der Waals surface area contributed by atoms with Gasteiger partial charge in [-0.15, -0.1) is 12.4 Å². The number of aromatic amines is 1. The molecule has 2 amide bonds. The molecule has 39 heavy (non-hydrogen) atoms. The number of aryl methyl sites for hydroxylation is 2. The summed E-state index contributed by atoms with van der Waals surface area (Å²) in [5.41, 5.74) is 3.55.